The topological polar surface area (TPSA) is 744 Å². The maximum atomic E-state index is 12.0. The van der Waals surface area contributed by atoms with E-state index in [0.29, 0.717) is 0 Å². The molecule has 9 fully saturated rings. The second-order valence-corrected chi connectivity index (χ2v) is 25.2. The molecule has 0 aromatic carbocycles. The smallest absolute Gasteiger partial charge is 0.187 e. The minimum Gasteiger partial charge on any atom is -0.394 e. The molecule has 2 unspecified atom stereocenters. The third-order valence-corrected chi connectivity index (χ3v) is 18.7. The van der Waals surface area contributed by atoms with Crippen molar-refractivity contribution in [2.75, 3.05) is 59.5 Å². The van der Waals surface area contributed by atoms with Crippen molar-refractivity contribution in [1.29, 1.82) is 0 Å². The summed E-state index contributed by atoms with van der Waals surface area (Å²) in [5.74, 6) is 0. The summed E-state index contributed by atoms with van der Waals surface area (Å²) < 4.78 is 95.8. The molecule has 584 valence electrons. The Hall–Kier alpha value is -1.84. The normalized spacial score (nSPS) is 53.7. The Morgan fingerprint density at radius 1 is 0.170 bits per heavy atom. The van der Waals surface area contributed by atoms with E-state index in [2.05, 4.69) is 0 Å². The average Bonchev–Trinajstić information content (AvgIpc) is 0.775. The van der Waals surface area contributed by atoms with Crippen LogP contribution in [0, 0.1) is 0 Å². The second-order valence-electron chi connectivity index (χ2n) is 25.2. The lowest BCUT2D eigenvalue weighted by Crippen LogP contribution is -2.68. The fourth-order valence-corrected chi connectivity index (χ4v) is 12.9. The van der Waals surface area contributed by atoms with Crippen molar-refractivity contribution in [1.82, 2.24) is 0 Å². The molecule has 0 spiro atoms. The highest BCUT2D eigenvalue weighted by Gasteiger charge is 2.60. The van der Waals surface area contributed by atoms with Crippen LogP contribution in [0.15, 0.2) is 0 Å². The monoisotopic (exact) mass is 1480 g/mol. The van der Waals surface area contributed by atoms with Crippen LogP contribution in [0.2, 0.25) is 0 Å². The molecule has 29 N–H and O–H groups in total. The summed E-state index contributed by atoms with van der Waals surface area (Å²) in [4.78, 5) is 0. The highest BCUT2D eigenvalue weighted by atomic mass is 16.8. The van der Waals surface area contributed by atoms with Crippen molar-refractivity contribution < 1.29 is 229 Å². The van der Waals surface area contributed by atoms with E-state index >= 15 is 0 Å². The summed E-state index contributed by atoms with van der Waals surface area (Å²) in [6.45, 7) is -9.42. The summed E-state index contributed by atoms with van der Waals surface area (Å²) in [6.07, 6.45) is -91.5. The minimum atomic E-state index is -2.44. The first kappa shape index (κ1) is 82.2. The maximum Gasteiger partial charge on any atom is 0.187 e. The number of aliphatic hydroxyl groups excluding tert-OH is 29. The van der Waals surface area contributed by atoms with Crippen LogP contribution in [0.25, 0.3) is 0 Å². The number of hydrogen-bond donors (Lipinski definition) is 29. The summed E-state index contributed by atoms with van der Waals surface area (Å²) in [6, 6.07) is 0. The van der Waals surface area contributed by atoms with Crippen LogP contribution in [0.5, 0.6) is 0 Å². The van der Waals surface area contributed by atoms with Crippen molar-refractivity contribution in [3.63, 3.8) is 0 Å². The Kier molecular flexibility index (Phi) is 29.2. The van der Waals surface area contributed by atoms with E-state index in [1.165, 1.54) is 0 Å². The molecule has 9 aliphatic rings. The molecule has 0 amide bonds. The van der Waals surface area contributed by atoms with Gasteiger partial charge in [0.2, 0.25) is 0 Å². The highest BCUT2D eigenvalue weighted by Crippen LogP contribution is 2.39. The predicted molar refractivity (Wildman–Crippen MR) is 297 cm³/mol. The van der Waals surface area contributed by atoms with Crippen molar-refractivity contribution in [2.45, 2.75) is 276 Å². The van der Waals surface area contributed by atoms with Gasteiger partial charge in [0.25, 0.3) is 0 Å². The lowest BCUT2D eigenvalue weighted by molar-refractivity contribution is -0.399. The summed E-state index contributed by atoms with van der Waals surface area (Å²) in [5.41, 5.74) is 0. The van der Waals surface area contributed by atoms with Gasteiger partial charge in [-0.2, -0.15) is 0 Å². The Morgan fingerprint density at radius 2 is 0.350 bits per heavy atom. The largest absolute Gasteiger partial charge is 0.394 e. The van der Waals surface area contributed by atoms with E-state index in [0.717, 1.165) is 0 Å². The zero-order valence-electron chi connectivity index (χ0n) is 52.3. The van der Waals surface area contributed by atoms with Crippen molar-refractivity contribution in [3.8, 4) is 0 Å². The number of hydrogen-bond acceptors (Lipinski definition) is 46. The Bertz CT molecular complexity index is 2440. The van der Waals surface area contributed by atoms with Gasteiger partial charge in [0.15, 0.2) is 56.6 Å². The van der Waals surface area contributed by atoms with E-state index in [9.17, 15) is 148 Å². The molecule has 46 heteroatoms. The third kappa shape index (κ3) is 16.9. The predicted octanol–water partition coefficient (Wildman–Crippen LogP) is -20.6. The van der Waals surface area contributed by atoms with Crippen LogP contribution in [-0.2, 0) is 80.5 Å². The van der Waals surface area contributed by atoms with Crippen LogP contribution < -0.4 is 0 Å². The van der Waals surface area contributed by atoms with Crippen molar-refractivity contribution in [3.05, 3.63) is 0 Å². The number of aliphatic hydroxyl groups is 29. The first-order chi connectivity index (χ1) is 47.4. The molecule has 9 rings (SSSR count). The molecular weight excluding hydrogens is 1380 g/mol. The van der Waals surface area contributed by atoms with Gasteiger partial charge in [0.1, 0.15) is 220 Å². The maximum absolute atomic E-state index is 12.0. The van der Waals surface area contributed by atoms with Crippen LogP contribution in [0.4, 0.5) is 0 Å². The van der Waals surface area contributed by atoms with Gasteiger partial charge < -0.3 is 229 Å². The van der Waals surface area contributed by atoms with E-state index in [-0.39, 0.29) is 0 Å². The van der Waals surface area contributed by atoms with Gasteiger partial charge in [-0.1, -0.05) is 0 Å². The molecule has 9 heterocycles. The lowest BCUT2D eigenvalue weighted by Gasteiger charge is -2.50. The number of ether oxygens (including phenoxy) is 17. The van der Waals surface area contributed by atoms with Gasteiger partial charge in [0, 0.05) is 0 Å². The van der Waals surface area contributed by atoms with Gasteiger partial charge in [-0.05, 0) is 0 Å². The van der Waals surface area contributed by atoms with Gasteiger partial charge in [0.05, 0.1) is 59.5 Å². The van der Waals surface area contributed by atoms with E-state index in [1.807, 2.05) is 0 Å². The zero-order chi connectivity index (χ0) is 73.4. The standard InChI is InChI=1S/C54H92O46/c55-1-10-19(63)21(65)31(75)48(86-10)95-41-14(5-59)90-51(35(79)25(41)69)97-40-13(4-58)88-47(33(77)24(40)68)84-9-18-45(100-53-37(81)28(72)42(15(6-60)92-53)96-49-32(76)22(66)20(64)11(2-56)87-49)29(73)38(82)54(93-18)99-44-17(8-62)91-52(36(80)27(44)71)98-43-16(7-61)89-50(34(78)26(43)70)94-39-12(3-57)85-46(83)30(74)23(39)67/h10-83H,1-9H2/t10-,11-,12+,13-,14-,15-,16+,17+,18?,19-,20-,21-,22-,23-,24+,25+,26-,27-,28+,29-,30-,31-,32+,33-,34-,35-,36-,37+,38-,39-,40-,41-,42-,43+,44+,45+,46?,47+,48-,49-,50+,51-,52+,53-,54+/m0/s1. The Morgan fingerprint density at radius 3 is 0.600 bits per heavy atom. The van der Waals surface area contributed by atoms with Crippen molar-refractivity contribution >= 4 is 0 Å². The summed E-state index contributed by atoms with van der Waals surface area (Å²) in [7, 11) is 0. The molecule has 0 aliphatic carbocycles. The van der Waals surface area contributed by atoms with Gasteiger partial charge >= 0.3 is 0 Å². The fraction of sp³-hybridized carbons (Fsp3) is 1.00. The zero-order valence-corrected chi connectivity index (χ0v) is 52.3. The number of rotatable bonds is 25. The Labute approximate surface area is 563 Å². The molecule has 0 radical (unpaired) electrons. The van der Waals surface area contributed by atoms with E-state index in [4.69, 9.17) is 80.5 Å². The molecule has 0 bridgehead atoms. The van der Waals surface area contributed by atoms with Crippen LogP contribution in [-0.4, -0.2) is 484 Å². The van der Waals surface area contributed by atoms with E-state index in [1.54, 1.807) is 0 Å². The first-order valence-electron chi connectivity index (χ1n) is 31.7. The van der Waals surface area contributed by atoms with Gasteiger partial charge in [-0.3, -0.25) is 0 Å². The molecule has 46 nitrogen and oxygen atoms in total. The quantitative estimate of drug-likeness (QED) is 0.0404. The van der Waals surface area contributed by atoms with Crippen molar-refractivity contribution in [2.24, 2.45) is 0 Å². The summed E-state index contributed by atoms with van der Waals surface area (Å²) in [5, 5.41) is 312. The highest BCUT2D eigenvalue weighted by molar-refractivity contribution is 5.02. The lowest BCUT2D eigenvalue weighted by atomic mass is 9.95. The fourth-order valence-electron chi connectivity index (χ4n) is 12.9. The molecule has 9 aliphatic heterocycles. The molecule has 0 saturated carbocycles. The van der Waals surface area contributed by atoms with Gasteiger partial charge in [-0.25, -0.2) is 0 Å². The minimum absolute atomic E-state index is 0.888. The second kappa shape index (κ2) is 35.5. The van der Waals surface area contributed by atoms with Crippen LogP contribution in [0.3, 0.4) is 0 Å². The van der Waals surface area contributed by atoms with Crippen LogP contribution >= 0.6 is 0 Å². The Balaban J connectivity index is 0.904. The summed E-state index contributed by atoms with van der Waals surface area (Å²) >= 11 is 0. The molecule has 45 atom stereocenters. The average molecular weight is 1480 g/mol. The SMILES string of the molecule is OC[C@@H]1O[C@@H](O[C@@H]2[C@H](O)[C@H](O)[C@H](O[C@@H]3[C@H](O)[C@H](O)[C@H](OCC4O[C@H](O[C@H]5[C@@H](O)[C@H](O)[C@@H](O[C@H]6[C@@H](O)[C@H](O)[C@@H](O[C@@H]7[C@@H](O)[C@H](O)C(O)O[C@@H]7CO)O[C@@H]6CO)O[C@@H]5CO)[C@@H](O)[C@H](O)[C@@H]4O[C@@H]4O[C@@H](CO)[C@H](O[C@@H]5O[C@@H](CO)[C@H](O)[C@H](O)[C@H]5O)[C@H](O)[C@H]4O)O[C@H]3CO)O[C@H]2CO)[C@@H](O)[C@@H](O)[C@H]1O. The molecular formula is C54H92O46. The third-order valence-electron chi connectivity index (χ3n) is 18.7. The van der Waals surface area contributed by atoms with E-state index < -0.39 is 336 Å². The first-order valence-corrected chi connectivity index (χ1v) is 31.7. The molecule has 0 aromatic heterocycles. The molecule has 9 saturated heterocycles. The molecule has 0 aromatic rings. The van der Waals surface area contributed by atoms with Gasteiger partial charge in [-0.15, -0.1) is 0 Å². The van der Waals surface area contributed by atoms with Crippen LogP contribution in [0.1, 0.15) is 0 Å². The molecule has 100 heavy (non-hydrogen) atoms.